The summed E-state index contributed by atoms with van der Waals surface area (Å²) in [5, 5.41) is 5.54. The number of para-hydroxylation sites is 3. The summed E-state index contributed by atoms with van der Waals surface area (Å²) in [5.41, 5.74) is -0.0239. The summed E-state index contributed by atoms with van der Waals surface area (Å²) in [6.45, 7) is 2.61. The van der Waals surface area contributed by atoms with E-state index in [-0.39, 0.29) is 23.0 Å². The molecule has 33 heavy (non-hydrogen) atoms. The Morgan fingerprint density at radius 2 is 1.82 bits per heavy atom. The molecule has 2 N–H and O–H groups in total. The number of nitrogens with zero attached hydrogens (tertiary/aromatic N) is 2. The highest BCUT2D eigenvalue weighted by Gasteiger charge is 2.43. The summed E-state index contributed by atoms with van der Waals surface area (Å²) in [5.74, 6) is -2.17. The van der Waals surface area contributed by atoms with Gasteiger partial charge in [0.1, 0.15) is 22.7 Å². The number of ether oxygens (including phenoxy) is 1. The molecule has 0 fully saturated rings. The fourth-order valence-electron chi connectivity index (χ4n) is 3.53. The molecule has 0 radical (unpaired) electrons. The third-order valence-electron chi connectivity index (χ3n) is 5.24. The average molecular weight is 448 g/mol. The van der Waals surface area contributed by atoms with Gasteiger partial charge in [0.25, 0.3) is 5.91 Å². The van der Waals surface area contributed by atoms with Crippen LogP contribution in [-0.4, -0.2) is 34.9 Å². The van der Waals surface area contributed by atoms with Gasteiger partial charge in [0, 0.05) is 6.20 Å². The number of pyridine rings is 1. The number of rotatable bonds is 5. The van der Waals surface area contributed by atoms with Crippen molar-refractivity contribution in [2.24, 2.45) is 0 Å². The standard InChI is InChI=1S/C24H21FN4O4/c1-24(2)23(32)28-18-11-5-6-12-19(18)29(24)20(30)14-33-22(31)15-8-7-13-26-21(15)27-17-10-4-3-9-16(17)25/h3-13H,14H2,1-2H3,(H,26,27)(H,28,32). The van der Waals surface area contributed by atoms with Gasteiger partial charge in [-0.15, -0.1) is 0 Å². The summed E-state index contributed by atoms with van der Waals surface area (Å²) in [6, 6.07) is 15.8. The van der Waals surface area contributed by atoms with E-state index in [1.807, 2.05) is 0 Å². The van der Waals surface area contributed by atoms with Gasteiger partial charge in [-0.05, 0) is 50.2 Å². The smallest absolute Gasteiger partial charge is 0.342 e. The van der Waals surface area contributed by atoms with Crippen LogP contribution in [0.4, 0.5) is 27.3 Å². The van der Waals surface area contributed by atoms with Gasteiger partial charge in [-0.2, -0.15) is 0 Å². The van der Waals surface area contributed by atoms with Gasteiger partial charge in [-0.1, -0.05) is 24.3 Å². The molecule has 2 aromatic carbocycles. The molecule has 0 atom stereocenters. The van der Waals surface area contributed by atoms with Crippen LogP contribution < -0.4 is 15.5 Å². The Labute approximate surface area is 189 Å². The molecular formula is C24H21FN4O4. The van der Waals surface area contributed by atoms with Crippen molar-refractivity contribution in [3.8, 4) is 0 Å². The van der Waals surface area contributed by atoms with E-state index in [9.17, 15) is 18.8 Å². The lowest BCUT2D eigenvalue weighted by atomic mass is 9.96. The highest BCUT2D eigenvalue weighted by molar-refractivity contribution is 6.14. The molecule has 2 amide bonds. The zero-order chi connectivity index (χ0) is 23.6. The number of aromatic nitrogens is 1. The molecule has 0 bridgehead atoms. The van der Waals surface area contributed by atoms with Crippen LogP contribution in [0, 0.1) is 5.82 Å². The van der Waals surface area contributed by atoms with Gasteiger partial charge in [-0.25, -0.2) is 14.2 Å². The first kappa shape index (κ1) is 21.9. The Hall–Kier alpha value is -4.27. The maximum absolute atomic E-state index is 14.0. The van der Waals surface area contributed by atoms with Crippen LogP contribution in [0.2, 0.25) is 0 Å². The van der Waals surface area contributed by atoms with Crippen LogP contribution in [-0.2, 0) is 14.3 Å². The van der Waals surface area contributed by atoms with Gasteiger partial charge < -0.3 is 15.4 Å². The Bertz CT molecular complexity index is 1240. The number of carbonyl (C=O) groups is 3. The maximum Gasteiger partial charge on any atom is 0.342 e. The first-order valence-electron chi connectivity index (χ1n) is 10.2. The Morgan fingerprint density at radius 3 is 2.61 bits per heavy atom. The molecule has 2 heterocycles. The molecule has 0 unspecified atom stereocenters. The third-order valence-corrected chi connectivity index (χ3v) is 5.24. The van der Waals surface area contributed by atoms with Crippen molar-refractivity contribution in [1.29, 1.82) is 0 Å². The van der Waals surface area contributed by atoms with Gasteiger partial charge in [-0.3, -0.25) is 14.5 Å². The van der Waals surface area contributed by atoms with Crippen LogP contribution in [0.5, 0.6) is 0 Å². The Morgan fingerprint density at radius 1 is 1.09 bits per heavy atom. The van der Waals surface area contributed by atoms with Crippen molar-refractivity contribution >= 4 is 40.7 Å². The number of esters is 1. The average Bonchev–Trinajstić information content (AvgIpc) is 2.80. The minimum absolute atomic E-state index is 0.0320. The van der Waals surface area contributed by atoms with Crippen LogP contribution in [0.25, 0.3) is 0 Å². The van der Waals surface area contributed by atoms with E-state index in [0.717, 1.165) is 0 Å². The van der Waals surface area contributed by atoms with Crippen LogP contribution in [0.15, 0.2) is 66.9 Å². The second kappa shape index (κ2) is 8.70. The minimum atomic E-state index is -1.19. The van der Waals surface area contributed by atoms with Crippen LogP contribution in [0.3, 0.4) is 0 Å². The number of carbonyl (C=O) groups excluding carboxylic acids is 3. The summed E-state index contributed by atoms with van der Waals surface area (Å²) < 4.78 is 19.3. The van der Waals surface area contributed by atoms with E-state index >= 15 is 0 Å². The maximum atomic E-state index is 14.0. The molecule has 0 spiro atoms. The number of benzene rings is 2. The quantitative estimate of drug-likeness (QED) is 0.575. The molecule has 9 heteroatoms. The first-order chi connectivity index (χ1) is 15.8. The van der Waals surface area contributed by atoms with Gasteiger partial charge >= 0.3 is 5.97 Å². The summed E-state index contributed by atoms with van der Waals surface area (Å²) in [4.78, 5) is 43.8. The van der Waals surface area contributed by atoms with E-state index in [2.05, 4.69) is 15.6 Å². The molecule has 3 aromatic rings. The number of hydrogen-bond acceptors (Lipinski definition) is 6. The largest absolute Gasteiger partial charge is 0.452 e. The fourth-order valence-corrected chi connectivity index (χ4v) is 3.53. The molecule has 1 aliphatic heterocycles. The summed E-state index contributed by atoms with van der Waals surface area (Å²) in [6.07, 6.45) is 1.44. The zero-order valence-electron chi connectivity index (χ0n) is 18.0. The lowest BCUT2D eigenvalue weighted by Crippen LogP contribution is -2.59. The fraction of sp³-hybridized carbons (Fsp3) is 0.167. The SMILES string of the molecule is CC1(C)C(=O)Nc2ccccc2N1C(=O)COC(=O)c1cccnc1Nc1ccccc1F. The van der Waals surface area contributed by atoms with E-state index in [0.29, 0.717) is 11.4 Å². The molecule has 8 nitrogen and oxygen atoms in total. The lowest BCUT2D eigenvalue weighted by Gasteiger charge is -2.41. The second-order valence-electron chi connectivity index (χ2n) is 7.84. The summed E-state index contributed by atoms with van der Waals surface area (Å²) in [7, 11) is 0. The molecule has 0 aliphatic carbocycles. The van der Waals surface area contributed by atoms with Crippen molar-refractivity contribution in [1.82, 2.24) is 4.98 Å². The molecule has 4 rings (SSSR count). The normalized spacial score (nSPS) is 14.2. The number of amides is 2. The first-order valence-corrected chi connectivity index (χ1v) is 10.2. The van der Waals surface area contributed by atoms with E-state index in [4.69, 9.17) is 4.74 Å². The topological polar surface area (TPSA) is 101 Å². The second-order valence-corrected chi connectivity index (χ2v) is 7.84. The van der Waals surface area contributed by atoms with Crippen LogP contribution >= 0.6 is 0 Å². The van der Waals surface area contributed by atoms with E-state index in [1.54, 1.807) is 50.2 Å². The van der Waals surface area contributed by atoms with Crippen molar-refractivity contribution in [2.45, 2.75) is 19.4 Å². The van der Waals surface area contributed by atoms with Crippen molar-refractivity contribution < 1.29 is 23.5 Å². The van der Waals surface area contributed by atoms with Crippen molar-refractivity contribution in [3.63, 3.8) is 0 Å². The molecule has 0 saturated carbocycles. The number of nitrogens with one attached hydrogen (secondary N) is 2. The minimum Gasteiger partial charge on any atom is -0.452 e. The number of anilines is 4. The molecule has 1 aliphatic rings. The van der Waals surface area contributed by atoms with Crippen molar-refractivity contribution in [2.75, 3.05) is 22.1 Å². The lowest BCUT2D eigenvalue weighted by molar-refractivity contribution is -0.128. The molecule has 168 valence electrons. The Kier molecular flexibility index (Phi) is 5.78. The molecule has 0 saturated heterocycles. The predicted molar refractivity (Wildman–Crippen MR) is 121 cm³/mol. The Balaban J connectivity index is 1.53. The third kappa shape index (κ3) is 4.25. The zero-order valence-corrected chi connectivity index (χ0v) is 18.0. The monoisotopic (exact) mass is 448 g/mol. The number of hydrogen-bond donors (Lipinski definition) is 2. The van der Waals surface area contributed by atoms with Gasteiger partial charge in [0.15, 0.2) is 6.61 Å². The van der Waals surface area contributed by atoms with Gasteiger partial charge in [0.2, 0.25) is 5.91 Å². The number of fused-ring (bicyclic) bond motifs is 1. The highest BCUT2D eigenvalue weighted by atomic mass is 19.1. The molecular weight excluding hydrogens is 427 g/mol. The predicted octanol–water partition coefficient (Wildman–Crippen LogP) is 3.89. The highest BCUT2D eigenvalue weighted by Crippen LogP contribution is 2.36. The molecule has 1 aromatic heterocycles. The summed E-state index contributed by atoms with van der Waals surface area (Å²) >= 11 is 0. The van der Waals surface area contributed by atoms with Gasteiger partial charge in [0.05, 0.1) is 17.1 Å². The number of halogens is 1. The van der Waals surface area contributed by atoms with E-state index in [1.165, 1.54) is 35.4 Å². The van der Waals surface area contributed by atoms with Crippen molar-refractivity contribution in [3.05, 3.63) is 78.2 Å². The van der Waals surface area contributed by atoms with Crippen LogP contribution in [0.1, 0.15) is 24.2 Å². The van der Waals surface area contributed by atoms with E-state index < -0.39 is 29.8 Å².